The molecular weight excluding hydrogens is 306 g/mol. The number of nitrogens with one attached hydrogen (secondary N) is 1. The second-order valence-corrected chi connectivity index (χ2v) is 6.10. The van der Waals surface area contributed by atoms with Gasteiger partial charge in [0.1, 0.15) is 0 Å². The van der Waals surface area contributed by atoms with Gasteiger partial charge in [-0.3, -0.25) is 9.59 Å². The lowest BCUT2D eigenvalue weighted by molar-refractivity contribution is -0.124. The van der Waals surface area contributed by atoms with Crippen LogP contribution in [0.2, 0.25) is 5.15 Å². The predicted molar refractivity (Wildman–Crippen MR) is 83.8 cm³/mol. The molecule has 0 aliphatic carbocycles. The number of carbonyl (C=O) groups is 2. The average Bonchev–Trinajstić information content (AvgIpc) is 2.47. The summed E-state index contributed by atoms with van der Waals surface area (Å²) in [4.78, 5) is 25.3. The molecule has 0 aromatic carbocycles. The fourth-order valence-electron chi connectivity index (χ4n) is 2.43. The molecule has 1 fully saturated rings. The lowest BCUT2D eigenvalue weighted by atomic mass is 10.0. The molecule has 1 aliphatic rings. The monoisotopic (exact) mass is 325 g/mol. The molecule has 1 aromatic heterocycles. The molecule has 2 heterocycles. The van der Waals surface area contributed by atoms with Crippen molar-refractivity contribution in [3.63, 3.8) is 0 Å². The molecule has 1 unspecified atom stereocenters. The molecule has 1 saturated heterocycles. The summed E-state index contributed by atoms with van der Waals surface area (Å²) < 4.78 is 0. The van der Waals surface area contributed by atoms with Gasteiger partial charge in [0.05, 0.1) is 5.56 Å². The van der Waals surface area contributed by atoms with E-state index < -0.39 is 5.91 Å². The third-order valence-corrected chi connectivity index (χ3v) is 3.79. The molecule has 2 amide bonds. The number of amides is 2. The van der Waals surface area contributed by atoms with E-state index in [4.69, 9.17) is 17.3 Å². The van der Waals surface area contributed by atoms with Gasteiger partial charge in [-0.15, -0.1) is 10.2 Å². The first kappa shape index (κ1) is 16.5. The largest absolute Gasteiger partial charge is 0.365 e. The van der Waals surface area contributed by atoms with Gasteiger partial charge in [0.2, 0.25) is 5.91 Å². The summed E-state index contributed by atoms with van der Waals surface area (Å²) in [7, 11) is 0. The molecule has 22 heavy (non-hydrogen) atoms. The van der Waals surface area contributed by atoms with Crippen LogP contribution < -0.4 is 16.0 Å². The summed E-state index contributed by atoms with van der Waals surface area (Å²) >= 11 is 5.78. The van der Waals surface area contributed by atoms with Gasteiger partial charge in [-0.25, -0.2) is 0 Å². The van der Waals surface area contributed by atoms with Gasteiger partial charge in [-0.05, 0) is 18.9 Å². The zero-order valence-corrected chi connectivity index (χ0v) is 13.4. The van der Waals surface area contributed by atoms with Gasteiger partial charge >= 0.3 is 0 Å². The van der Waals surface area contributed by atoms with E-state index in [2.05, 4.69) is 15.5 Å². The van der Waals surface area contributed by atoms with E-state index in [0.29, 0.717) is 12.4 Å². The number of hydrogen-bond acceptors (Lipinski definition) is 5. The third kappa shape index (κ3) is 3.85. The van der Waals surface area contributed by atoms with Crippen molar-refractivity contribution in [3.05, 3.63) is 16.8 Å². The Hall–Kier alpha value is -1.89. The van der Waals surface area contributed by atoms with E-state index in [-0.39, 0.29) is 28.6 Å². The molecule has 0 bridgehead atoms. The number of hydrogen-bond donors (Lipinski definition) is 2. The summed E-state index contributed by atoms with van der Waals surface area (Å²) in [5, 5.41) is 10.9. The van der Waals surface area contributed by atoms with Crippen LogP contribution in [0, 0.1) is 5.92 Å². The number of halogens is 1. The van der Waals surface area contributed by atoms with Crippen molar-refractivity contribution < 1.29 is 9.59 Å². The molecular formula is C14H20ClN5O2. The van der Waals surface area contributed by atoms with Crippen LogP contribution in [0.25, 0.3) is 0 Å². The summed E-state index contributed by atoms with van der Waals surface area (Å²) in [5.41, 5.74) is 5.63. The lowest BCUT2D eigenvalue weighted by Gasteiger charge is -2.34. The number of carbonyl (C=O) groups excluding carboxylic acids is 2. The minimum atomic E-state index is -0.597. The number of piperidine rings is 1. The summed E-state index contributed by atoms with van der Waals surface area (Å²) in [5.74, 6) is -0.225. The first-order valence-corrected chi connectivity index (χ1v) is 7.64. The van der Waals surface area contributed by atoms with Crippen LogP contribution in [0.4, 0.5) is 5.82 Å². The minimum Gasteiger partial charge on any atom is -0.365 e. The zero-order valence-electron chi connectivity index (χ0n) is 12.7. The highest BCUT2D eigenvalue weighted by molar-refractivity contribution is 6.29. The highest BCUT2D eigenvalue weighted by Gasteiger charge is 2.26. The van der Waals surface area contributed by atoms with Crippen molar-refractivity contribution in [2.24, 2.45) is 11.7 Å². The second-order valence-electron chi connectivity index (χ2n) is 5.72. The Kier molecular flexibility index (Phi) is 5.18. The molecule has 120 valence electrons. The highest BCUT2D eigenvalue weighted by Crippen LogP contribution is 2.23. The topological polar surface area (TPSA) is 101 Å². The molecule has 7 nitrogen and oxygen atoms in total. The van der Waals surface area contributed by atoms with Crippen LogP contribution in [-0.4, -0.2) is 41.1 Å². The maximum atomic E-state index is 11.8. The maximum Gasteiger partial charge on any atom is 0.252 e. The van der Waals surface area contributed by atoms with Crippen LogP contribution in [0.1, 0.15) is 37.0 Å². The van der Waals surface area contributed by atoms with Crippen molar-refractivity contribution in [1.29, 1.82) is 0 Å². The van der Waals surface area contributed by atoms with Gasteiger partial charge < -0.3 is 16.0 Å². The van der Waals surface area contributed by atoms with Crippen LogP contribution in [-0.2, 0) is 4.79 Å². The Balaban J connectivity index is 2.16. The number of rotatable bonds is 4. The van der Waals surface area contributed by atoms with Gasteiger partial charge in [0.25, 0.3) is 5.91 Å². The second kappa shape index (κ2) is 6.91. The Morgan fingerprint density at radius 2 is 2.18 bits per heavy atom. The van der Waals surface area contributed by atoms with Gasteiger partial charge in [0.15, 0.2) is 11.0 Å². The third-order valence-electron chi connectivity index (χ3n) is 3.60. The van der Waals surface area contributed by atoms with Crippen molar-refractivity contribution in [3.8, 4) is 0 Å². The van der Waals surface area contributed by atoms with Crippen molar-refractivity contribution >= 4 is 29.2 Å². The summed E-state index contributed by atoms with van der Waals surface area (Å²) in [6.07, 6.45) is 1.77. The SMILES string of the molecule is CC(C)C(=O)NC1CCCN(c2nnc(Cl)cc2C(N)=O)C1. The maximum absolute atomic E-state index is 11.8. The van der Waals surface area contributed by atoms with Gasteiger partial charge in [-0.2, -0.15) is 0 Å². The van der Waals surface area contributed by atoms with Crippen LogP contribution >= 0.6 is 11.6 Å². The Morgan fingerprint density at radius 3 is 2.82 bits per heavy atom. The highest BCUT2D eigenvalue weighted by atomic mass is 35.5. The molecule has 8 heteroatoms. The molecule has 0 radical (unpaired) electrons. The van der Waals surface area contributed by atoms with Crippen molar-refractivity contribution in [2.75, 3.05) is 18.0 Å². The van der Waals surface area contributed by atoms with E-state index in [1.54, 1.807) is 0 Å². The zero-order chi connectivity index (χ0) is 16.3. The first-order valence-electron chi connectivity index (χ1n) is 7.27. The Labute approximate surface area is 134 Å². The van der Waals surface area contributed by atoms with Crippen LogP contribution in [0.5, 0.6) is 0 Å². The van der Waals surface area contributed by atoms with E-state index in [1.807, 2.05) is 18.7 Å². The fourth-order valence-corrected chi connectivity index (χ4v) is 2.58. The number of nitrogens with zero attached hydrogens (tertiary/aromatic N) is 3. The standard InChI is InChI=1S/C14H20ClN5O2/c1-8(2)14(22)17-9-4-3-5-20(7-9)13-10(12(16)21)6-11(15)18-19-13/h6,8-9H,3-5,7H2,1-2H3,(H2,16,21)(H,17,22). The normalized spacial score (nSPS) is 18.4. The van der Waals surface area contributed by atoms with Crippen molar-refractivity contribution in [1.82, 2.24) is 15.5 Å². The molecule has 1 aliphatic heterocycles. The van der Waals surface area contributed by atoms with Gasteiger partial charge in [0, 0.05) is 25.0 Å². The first-order chi connectivity index (χ1) is 10.4. The predicted octanol–water partition coefficient (Wildman–Crippen LogP) is 0.970. The molecule has 3 N–H and O–H groups in total. The van der Waals surface area contributed by atoms with Crippen molar-refractivity contribution in [2.45, 2.75) is 32.7 Å². The number of primary amides is 1. The number of anilines is 1. The summed E-state index contributed by atoms with van der Waals surface area (Å²) in [6.45, 7) is 5.00. The quantitative estimate of drug-likeness (QED) is 0.859. The van der Waals surface area contributed by atoms with Gasteiger partial charge in [-0.1, -0.05) is 25.4 Å². The Bertz CT molecular complexity index is 578. The Morgan fingerprint density at radius 1 is 1.45 bits per heavy atom. The van der Waals surface area contributed by atoms with E-state index in [9.17, 15) is 9.59 Å². The fraction of sp³-hybridized carbons (Fsp3) is 0.571. The average molecular weight is 326 g/mol. The molecule has 0 saturated carbocycles. The van der Waals surface area contributed by atoms with E-state index in [1.165, 1.54) is 6.07 Å². The van der Waals surface area contributed by atoms with Crippen LogP contribution in [0.15, 0.2) is 6.07 Å². The summed E-state index contributed by atoms with van der Waals surface area (Å²) in [6, 6.07) is 1.43. The number of nitrogens with two attached hydrogens (primary N) is 1. The number of aromatic nitrogens is 2. The molecule has 0 spiro atoms. The van der Waals surface area contributed by atoms with E-state index in [0.717, 1.165) is 19.4 Å². The minimum absolute atomic E-state index is 0.0156. The van der Waals surface area contributed by atoms with Crippen LogP contribution in [0.3, 0.4) is 0 Å². The molecule has 1 atom stereocenters. The molecule has 1 aromatic rings. The smallest absolute Gasteiger partial charge is 0.252 e. The lowest BCUT2D eigenvalue weighted by Crippen LogP contribution is -2.49. The molecule has 2 rings (SSSR count). The van der Waals surface area contributed by atoms with E-state index >= 15 is 0 Å².